The molecule has 3 rings (SSSR count). The first-order valence-electron chi connectivity index (χ1n) is 8.67. The number of hydrogen-bond acceptors (Lipinski definition) is 6. The standard InChI is InChI=1S/C20H22BrN6P/c1-23-16-9-8-14(10-13(16)11-22)25-20-24-12-15(21)19(27-20)26-17-6-4-5-7-18(17)28(2)3/h4-12,22-23H,1-3H3,(H2,24,25,26,27). The van der Waals surface area contributed by atoms with Gasteiger partial charge in [0, 0.05) is 42.1 Å². The Hall–Kier alpha value is -2.50. The highest BCUT2D eigenvalue weighted by atomic mass is 79.9. The lowest BCUT2D eigenvalue weighted by molar-refractivity contribution is 1.15. The van der Waals surface area contributed by atoms with Gasteiger partial charge in [0.25, 0.3) is 0 Å². The van der Waals surface area contributed by atoms with Gasteiger partial charge in [-0.2, -0.15) is 4.98 Å². The molecule has 1 heterocycles. The summed E-state index contributed by atoms with van der Waals surface area (Å²) in [6, 6.07) is 14.0. The fourth-order valence-corrected chi connectivity index (χ4v) is 4.02. The Balaban J connectivity index is 1.87. The monoisotopic (exact) mass is 456 g/mol. The van der Waals surface area contributed by atoms with E-state index in [-0.39, 0.29) is 7.92 Å². The first-order chi connectivity index (χ1) is 13.5. The van der Waals surface area contributed by atoms with Crippen LogP contribution in [-0.4, -0.2) is 36.6 Å². The van der Waals surface area contributed by atoms with Crippen LogP contribution < -0.4 is 21.3 Å². The molecule has 0 atom stereocenters. The average Bonchev–Trinajstić information content (AvgIpc) is 2.70. The Morgan fingerprint density at radius 3 is 2.57 bits per heavy atom. The summed E-state index contributed by atoms with van der Waals surface area (Å²) in [4.78, 5) is 8.97. The van der Waals surface area contributed by atoms with Crippen molar-refractivity contribution in [3.8, 4) is 0 Å². The zero-order valence-corrected chi connectivity index (χ0v) is 18.4. The Bertz CT molecular complexity index is 992. The molecule has 2 aromatic carbocycles. The van der Waals surface area contributed by atoms with Crippen LogP contribution in [0, 0.1) is 5.41 Å². The lowest BCUT2D eigenvalue weighted by atomic mass is 10.1. The second-order valence-corrected chi connectivity index (χ2v) is 9.37. The van der Waals surface area contributed by atoms with E-state index in [1.54, 1.807) is 6.20 Å². The minimum absolute atomic E-state index is 0.244. The van der Waals surface area contributed by atoms with Gasteiger partial charge in [-0.05, 0) is 58.8 Å². The van der Waals surface area contributed by atoms with E-state index in [0.717, 1.165) is 27.1 Å². The number of aromatic nitrogens is 2. The van der Waals surface area contributed by atoms with Gasteiger partial charge in [-0.15, -0.1) is 0 Å². The second-order valence-electron chi connectivity index (χ2n) is 6.25. The molecule has 0 saturated heterocycles. The molecule has 0 amide bonds. The van der Waals surface area contributed by atoms with E-state index in [4.69, 9.17) is 5.41 Å². The maximum absolute atomic E-state index is 7.57. The second kappa shape index (κ2) is 9.13. The number of rotatable bonds is 7. The SMILES string of the molecule is CNc1ccc(Nc2ncc(Br)c(Nc3ccccc3P(C)C)n2)cc1C=N. The summed E-state index contributed by atoms with van der Waals surface area (Å²) in [5.41, 5.74) is 3.55. The van der Waals surface area contributed by atoms with Crippen molar-refractivity contribution in [2.24, 2.45) is 0 Å². The minimum Gasteiger partial charge on any atom is -0.388 e. The molecule has 0 bridgehead atoms. The van der Waals surface area contributed by atoms with Crippen molar-refractivity contribution in [2.45, 2.75) is 0 Å². The zero-order chi connectivity index (χ0) is 20.1. The Morgan fingerprint density at radius 2 is 1.86 bits per heavy atom. The molecule has 0 unspecified atom stereocenters. The zero-order valence-electron chi connectivity index (χ0n) is 15.9. The molecule has 0 radical (unpaired) electrons. The normalized spacial score (nSPS) is 10.6. The molecule has 8 heteroatoms. The third kappa shape index (κ3) is 4.66. The van der Waals surface area contributed by atoms with E-state index in [1.807, 2.05) is 31.3 Å². The van der Waals surface area contributed by atoms with Crippen molar-refractivity contribution in [1.29, 1.82) is 5.41 Å². The topological polar surface area (TPSA) is 85.7 Å². The molecule has 144 valence electrons. The molecule has 0 aliphatic heterocycles. The van der Waals surface area contributed by atoms with Gasteiger partial charge in [0.2, 0.25) is 5.95 Å². The van der Waals surface area contributed by atoms with Crippen LogP contribution >= 0.6 is 23.9 Å². The van der Waals surface area contributed by atoms with Crippen LogP contribution in [0.2, 0.25) is 0 Å². The molecular formula is C20H22BrN6P. The summed E-state index contributed by atoms with van der Waals surface area (Å²) >= 11 is 3.53. The number of para-hydroxylation sites is 1. The highest BCUT2D eigenvalue weighted by Crippen LogP contribution is 2.31. The van der Waals surface area contributed by atoms with Crippen molar-refractivity contribution < 1.29 is 0 Å². The van der Waals surface area contributed by atoms with Gasteiger partial charge in [-0.3, -0.25) is 0 Å². The molecule has 4 N–H and O–H groups in total. The lowest BCUT2D eigenvalue weighted by Crippen LogP contribution is -2.09. The van der Waals surface area contributed by atoms with Crippen molar-refractivity contribution in [1.82, 2.24) is 9.97 Å². The largest absolute Gasteiger partial charge is 0.388 e. The van der Waals surface area contributed by atoms with Crippen LogP contribution in [0.1, 0.15) is 5.56 Å². The van der Waals surface area contributed by atoms with E-state index >= 15 is 0 Å². The maximum Gasteiger partial charge on any atom is 0.229 e. The average molecular weight is 457 g/mol. The molecular weight excluding hydrogens is 435 g/mol. The third-order valence-electron chi connectivity index (χ3n) is 4.12. The first kappa shape index (κ1) is 20.2. The number of hydrogen-bond donors (Lipinski definition) is 4. The summed E-state index contributed by atoms with van der Waals surface area (Å²) in [6.07, 6.45) is 3.04. The lowest BCUT2D eigenvalue weighted by Gasteiger charge is -2.16. The summed E-state index contributed by atoms with van der Waals surface area (Å²) in [5, 5.41) is 18.6. The highest BCUT2D eigenvalue weighted by molar-refractivity contribution is 9.10. The van der Waals surface area contributed by atoms with E-state index < -0.39 is 0 Å². The van der Waals surface area contributed by atoms with Gasteiger partial charge >= 0.3 is 0 Å². The molecule has 28 heavy (non-hydrogen) atoms. The first-order valence-corrected chi connectivity index (χ1v) is 11.7. The number of nitrogens with zero attached hydrogens (tertiary/aromatic N) is 2. The number of anilines is 5. The molecule has 6 nitrogen and oxygen atoms in total. The molecule has 0 fully saturated rings. The number of benzene rings is 2. The van der Waals surface area contributed by atoms with E-state index in [1.165, 1.54) is 11.5 Å². The molecule has 3 aromatic rings. The molecule has 0 spiro atoms. The summed E-state index contributed by atoms with van der Waals surface area (Å²) in [6.45, 7) is 4.46. The minimum atomic E-state index is -0.244. The van der Waals surface area contributed by atoms with Gasteiger partial charge in [0.1, 0.15) is 5.82 Å². The van der Waals surface area contributed by atoms with Crippen LogP contribution in [0.4, 0.5) is 28.8 Å². The summed E-state index contributed by atoms with van der Waals surface area (Å²) in [7, 11) is 1.59. The molecule has 0 aliphatic rings. The predicted octanol–water partition coefficient (Wildman–Crippen LogP) is 5.13. The van der Waals surface area contributed by atoms with Crippen LogP contribution in [0.3, 0.4) is 0 Å². The number of halogens is 1. The Labute approximate surface area is 174 Å². The fourth-order valence-electron chi connectivity index (χ4n) is 2.73. The predicted molar refractivity (Wildman–Crippen MR) is 125 cm³/mol. The quantitative estimate of drug-likeness (QED) is 0.292. The van der Waals surface area contributed by atoms with Gasteiger partial charge in [-0.1, -0.05) is 26.1 Å². The van der Waals surface area contributed by atoms with Crippen LogP contribution in [0.15, 0.2) is 53.1 Å². The van der Waals surface area contributed by atoms with E-state index in [2.05, 4.69) is 73.4 Å². The van der Waals surface area contributed by atoms with Crippen LogP contribution in [-0.2, 0) is 0 Å². The molecule has 1 aromatic heterocycles. The van der Waals surface area contributed by atoms with Gasteiger partial charge in [-0.25, -0.2) is 4.98 Å². The smallest absolute Gasteiger partial charge is 0.229 e. The van der Waals surface area contributed by atoms with Crippen molar-refractivity contribution in [3.05, 3.63) is 58.7 Å². The van der Waals surface area contributed by atoms with Gasteiger partial charge in [0.15, 0.2) is 0 Å². The van der Waals surface area contributed by atoms with Crippen LogP contribution in [0.5, 0.6) is 0 Å². The number of nitrogens with one attached hydrogen (secondary N) is 4. The van der Waals surface area contributed by atoms with E-state index in [0.29, 0.717) is 11.8 Å². The Kier molecular flexibility index (Phi) is 6.60. The van der Waals surface area contributed by atoms with Gasteiger partial charge < -0.3 is 21.4 Å². The highest BCUT2D eigenvalue weighted by Gasteiger charge is 2.11. The van der Waals surface area contributed by atoms with Crippen molar-refractivity contribution in [3.63, 3.8) is 0 Å². The van der Waals surface area contributed by atoms with Crippen LogP contribution in [0.25, 0.3) is 0 Å². The summed E-state index contributed by atoms with van der Waals surface area (Å²) in [5.74, 6) is 1.17. The maximum atomic E-state index is 7.57. The van der Waals surface area contributed by atoms with Gasteiger partial charge in [0.05, 0.1) is 4.47 Å². The molecule has 0 aliphatic carbocycles. The van der Waals surface area contributed by atoms with Crippen molar-refractivity contribution in [2.75, 3.05) is 36.3 Å². The molecule has 0 saturated carbocycles. The fraction of sp³-hybridized carbons (Fsp3) is 0.150. The summed E-state index contributed by atoms with van der Waals surface area (Å²) < 4.78 is 0.787. The Morgan fingerprint density at radius 1 is 1.07 bits per heavy atom. The van der Waals surface area contributed by atoms with Crippen molar-refractivity contribution >= 4 is 64.2 Å². The van der Waals surface area contributed by atoms with E-state index in [9.17, 15) is 0 Å². The third-order valence-corrected chi connectivity index (χ3v) is 6.05.